The Morgan fingerprint density at radius 2 is 1.81 bits per heavy atom. The molecular weight excluding hydrogens is 413 g/mol. The van der Waals surface area contributed by atoms with Crippen LogP contribution in [0.1, 0.15) is 38.2 Å². The van der Waals surface area contributed by atoms with E-state index in [1.165, 1.54) is 19.2 Å². The first-order valence-corrected chi connectivity index (χ1v) is 10.9. The fourth-order valence-electron chi connectivity index (χ4n) is 4.17. The standard InChI is InChI=1S/C25H32FNO5/c1-5-25(2)17-27(24(28)30-4)16-21(25)18-7-12-22(29-3)23(15-18)32-14-6-13-31-20-10-8-19(26)9-11-20/h7-12,15,21H,5-6,13-14,16-17H2,1-4H3. The van der Waals surface area contributed by atoms with Gasteiger partial charge in [-0.2, -0.15) is 0 Å². The Balaban J connectivity index is 1.64. The van der Waals surface area contributed by atoms with Crippen molar-refractivity contribution in [2.75, 3.05) is 40.5 Å². The molecule has 1 fully saturated rings. The first-order valence-electron chi connectivity index (χ1n) is 10.9. The van der Waals surface area contributed by atoms with Gasteiger partial charge in [0, 0.05) is 25.4 Å². The van der Waals surface area contributed by atoms with Crippen LogP contribution in [-0.2, 0) is 4.74 Å². The minimum Gasteiger partial charge on any atom is -0.493 e. The minimum atomic E-state index is -0.293. The molecule has 0 radical (unpaired) electrons. The summed E-state index contributed by atoms with van der Waals surface area (Å²) < 4.78 is 35.0. The third kappa shape index (κ3) is 5.44. The highest BCUT2D eigenvalue weighted by Crippen LogP contribution is 2.46. The first kappa shape index (κ1) is 23.7. The minimum absolute atomic E-state index is 0.0525. The van der Waals surface area contributed by atoms with Crippen LogP contribution < -0.4 is 14.2 Å². The molecule has 1 saturated heterocycles. The van der Waals surface area contributed by atoms with Crippen LogP contribution in [-0.4, -0.2) is 51.5 Å². The fourth-order valence-corrected chi connectivity index (χ4v) is 4.17. The molecule has 0 spiro atoms. The smallest absolute Gasteiger partial charge is 0.409 e. The van der Waals surface area contributed by atoms with Crippen molar-refractivity contribution in [1.29, 1.82) is 0 Å². The zero-order valence-electron chi connectivity index (χ0n) is 19.2. The lowest BCUT2D eigenvalue weighted by Gasteiger charge is -2.29. The van der Waals surface area contributed by atoms with Crippen LogP contribution in [0.15, 0.2) is 42.5 Å². The van der Waals surface area contributed by atoms with Gasteiger partial charge in [0.2, 0.25) is 0 Å². The highest BCUT2D eigenvalue weighted by atomic mass is 19.1. The molecule has 0 bridgehead atoms. The number of halogens is 1. The zero-order valence-corrected chi connectivity index (χ0v) is 19.2. The highest BCUT2D eigenvalue weighted by molar-refractivity contribution is 5.68. The maximum absolute atomic E-state index is 13.0. The average Bonchev–Trinajstić information content (AvgIpc) is 3.17. The largest absolute Gasteiger partial charge is 0.493 e. The van der Waals surface area contributed by atoms with Crippen LogP contribution in [0.2, 0.25) is 0 Å². The number of carbonyl (C=O) groups excluding carboxylic acids is 1. The number of hydrogen-bond donors (Lipinski definition) is 0. The van der Waals surface area contributed by atoms with Gasteiger partial charge in [0.25, 0.3) is 0 Å². The number of hydrogen-bond acceptors (Lipinski definition) is 5. The number of rotatable bonds is 9. The monoisotopic (exact) mass is 445 g/mol. The van der Waals surface area contributed by atoms with Crippen LogP contribution >= 0.6 is 0 Å². The van der Waals surface area contributed by atoms with E-state index in [1.807, 2.05) is 18.2 Å². The maximum atomic E-state index is 13.0. The molecule has 1 amide bonds. The van der Waals surface area contributed by atoms with Crippen molar-refractivity contribution < 1.29 is 28.1 Å². The van der Waals surface area contributed by atoms with Crippen molar-refractivity contribution in [3.05, 3.63) is 53.8 Å². The lowest BCUT2D eigenvalue weighted by atomic mass is 9.74. The van der Waals surface area contributed by atoms with E-state index in [4.69, 9.17) is 18.9 Å². The van der Waals surface area contributed by atoms with Crippen molar-refractivity contribution in [3.63, 3.8) is 0 Å². The summed E-state index contributed by atoms with van der Waals surface area (Å²) in [5.41, 5.74) is 1.06. The first-order chi connectivity index (χ1) is 15.4. The van der Waals surface area contributed by atoms with Crippen LogP contribution in [0.4, 0.5) is 9.18 Å². The molecule has 0 aromatic heterocycles. The summed E-state index contributed by atoms with van der Waals surface area (Å²) in [6, 6.07) is 11.9. The molecule has 174 valence electrons. The van der Waals surface area contributed by atoms with Gasteiger partial charge in [0.1, 0.15) is 11.6 Å². The van der Waals surface area contributed by atoms with E-state index in [2.05, 4.69) is 13.8 Å². The van der Waals surface area contributed by atoms with Gasteiger partial charge in [-0.1, -0.05) is 19.9 Å². The summed E-state index contributed by atoms with van der Waals surface area (Å²) in [7, 11) is 3.03. The van der Waals surface area contributed by atoms with Crippen LogP contribution in [0.25, 0.3) is 0 Å². The predicted octanol–water partition coefficient (Wildman–Crippen LogP) is 5.26. The molecule has 1 aliphatic heterocycles. The van der Waals surface area contributed by atoms with Crippen molar-refractivity contribution in [2.45, 2.75) is 32.6 Å². The quantitative estimate of drug-likeness (QED) is 0.493. The second-order valence-corrected chi connectivity index (χ2v) is 8.33. The Hall–Kier alpha value is -2.96. The normalized spacial score (nSPS) is 20.2. The molecular formula is C25H32FNO5. The molecule has 32 heavy (non-hydrogen) atoms. The van der Waals surface area contributed by atoms with Gasteiger partial charge < -0.3 is 23.8 Å². The molecule has 2 aromatic rings. The number of methoxy groups -OCH3 is 2. The third-order valence-electron chi connectivity index (χ3n) is 6.26. The summed E-state index contributed by atoms with van der Waals surface area (Å²) in [6.45, 7) is 6.52. The lowest BCUT2D eigenvalue weighted by Crippen LogP contribution is -2.30. The van der Waals surface area contributed by atoms with E-state index in [1.54, 1.807) is 24.1 Å². The lowest BCUT2D eigenvalue weighted by molar-refractivity contribution is 0.128. The van der Waals surface area contributed by atoms with Gasteiger partial charge in [-0.25, -0.2) is 9.18 Å². The van der Waals surface area contributed by atoms with Crippen LogP contribution in [0.3, 0.4) is 0 Å². The predicted molar refractivity (Wildman–Crippen MR) is 120 cm³/mol. The van der Waals surface area contributed by atoms with E-state index < -0.39 is 0 Å². The summed E-state index contributed by atoms with van der Waals surface area (Å²) in [6.07, 6.45) is 1.31. The van der Waals surface area contributed by atoms with Crippen LogP contribution in [0.5, 0.6) is 17.2 Å². The molecule has 0 aliphatic carbocycles. The Labute approximate surface area is 189 Å². The number of likely N-dealkylation sites (tertiary alicyclic amines) is 1. The van der Waals surface area contributed by atoms with Gasteiger partial charge in [-0.15, -0.1) is 0 Å². The second-order valence-electron chi connectivity index (χ2n) is 8.33. The van der Waals surface area contributed by atoms with E-state index >= 15 is 0 Å². The summed E-state index contributed by atoms with van der Waals surface area (Å²) in [5, 5.41) is 0. The van der Waals surface area contributed by atoms with Crippen molar-refractivity contribution >= 4 is 6.09 Å². The molecule has 0 saturated carbocycles. The van der Waals surface area contributed by atoms with E-state index in [9.17, 15) is 9.18 Å². The molecule has 2 aromatic carbocycles. The van der Waals surface area contributed by atoms with Crippen molar-refractivity contribution in [2.24, 2.45) is 5.41 Å². The van der Waals surface area contributed by atoms with Crippen LogP contribution in [0, 0.1) is 11.2 Å². The van der Waals surface area contributed by atoms with E-state index in [0.29, 0.717) is 50.0 Å². The Kier molecular flexibility index (Phi) is 7.83. The molecule has 1 aliphatic rings. The Morgan fingerprint density at radius 3 is 2.47 bits per heavy atom. The summed E-state index contributed by atoms with van der Waals surface area (Å²) in [4.78, 5) is 13.9. The van der Waals surface area contributed by atoms with E-state index in [0.717, 1.165) is 12.0 Å². The Morgan fingerprint density at radius 1 is 1.09 bits per heavy atom. The van der Waals surface area contributed by atoms with Gasteiger partial charge in [0.05, 0.1) is 27.4 Å². The number of carbonyl (C=O) groups is 1. The fraction of sp³-hybridized carbons (Fsp3) is 0.480. The molecule has 3 rings (SSSR count). The average molecular weight is 446 g/mol. The zero-order chi connectivity index (χ0) is 23.1. The van der Waals surface area contributed by atoms with Gasteiger partial charge in [-0.3, -0.25) is 0 Å². The SMILES string of the molecule is CCC1(C)CN(C(=O)OC)CC1c1ccc(OC)c(OCCCOc2ccc(F)cc2)c1. The van der Waals surface area contributed by atoms with E-state index in [-0.39, 0.29) is 23.2 Å². The molecule has 1 heterocycles. The van der Waals surface area contributed by atoms with Gasteiger partial charge >= 0.3 is 6.09 Å². The number of ether oxygens (including phenoxy) is 4. The molecule has 2 atom stereocenters. The number of benzene rings is 2. The molecule has 0 N–H and O–H groups in total. The summed E-state index contributed by atoms with van der Waals surface area (Å²) >= 11 is 0. The highest BCUT2D eigenvalue weighted by Gasteiger charge is 2.44. The van der Waals surface area contributed by atoms with Crippen molar-refractivity contribution in [1.82, 2.24) is 4.90 Å². The second kappa shape index (κ2) is 10.6. The molecule has 6 nitrogen and oxygen atoms in total. The third-order valence-corrected chi connectivity index (χ3v) is 6.26. The summed E-state index contributed by atoms with van der Waals surface area (Å²) in [5.74, 6) is 1.84. The van der Waals surface area contributed by atoms with Gasteiger partial charge in [0.15, 0.2) is 11.5 Å². The topological polar surface area (TPSA) is 57.2 Å². The molecule has 2 unspecified atom stereocenters. The van der Waals surface area contributed by atoms with Crippen molar-refractivity contribution in [3.8, 4) is 17.2 Å². The Bertz CT molecular complexity index is 904. The number of nitrogens with zero attached hydrogens (tertiary/aromatic N) is 1. The van der Waals surface area contributed by atoms with Gasteiger partial charge in [-0.05, 0) is 53.8 Å². The maximum Gasteiger partial charge on any atom is 0.409 e. The number of amides is 1. The molecule has 7 heteroatoms.